The van der Waals surface area contributed by atoms with Crippen LogP contribution in [0.2, 0.25) is 0 Å². The van der Waals surface area contributed by atoms with Gasteiger partial charge in [-0.2, -0.15) is 0 Å². The molecule has 0 fully saturated rings. The second-order valence-corrected chi connectivity index (χ2v) is 0. The van der Waals surface area contributed by atoms with Gasteiger partial charge in [-0.15, -0.1) is 0 Å². The Morgan fingerprint density at radius 1 is 1.00 bits per heavy atom. The van der Waals surface area contributed by atoms with Gasteiger partial charge in [-0.25, -0.2) is 0 Å². The first kappa shape index (κ1) is 31.8. The second kappa shape index (κ2) is 17.9. The van der Waals surface area contributed by atoms with E-state index in [2.05, 4.69) is 0 Å². The van der Waals surface area contributed by atoms with Crippen molar-refractivity contribution in [2.75, 3.05) is 0 Å². The summed E-state index contributed by atoms with van der Waals surface area (Å²) in [4.78, 5) is 0. The van der Waals surface area contributed by atoms with Crippen molar-refractivity contribution in [3.05, 3.63) is 0 Å². The third kappa shape index (κ3) is 8.82. The first-order chi connectivity index (χ1) is 0. The molecule has 4 heteroatoms. The molecule has 0 aromatic rings. The van der Waals surface area contributed by atoms with Gasteiger partial charge in [0, 0.05) is 36.5 Å². The molecular formula is H4CuSeSnZn. The molecule has 0 atom stereocenters. The Morgan fingerprint density at radius 3 is 1.00 bits per heavy atom. The molecule has 0 aliphatic rings. The predicted molar refractivity (Wildman–Crippen MR) is 17.1 cm³/mol. The fourth-order valence-corrected chi connectivity index (χ4v) is 0. The van der Waals surface area contributed by atoms with E-state index in [0.717, 1.165) is 0 Å². The Bertz CT molecular complexity index is 8.00. The van der Waals surface area contributed by atoms with Crippen LogP contribution in [-0.4, -0.2) is 41.0 Å². The fraction of sp³-hybridized carbons (Fsp3) is 0. The summed E-state index contributed by atoms with van der Waals surface area (Å²) in [5, 5.41) is 0. The zero-order valence-corrected chi connectivity index (χ0v) is 12.3. The summed E-state index contributed by atoms with van der Waals surface area (Å²) >= 11 is 0. The van der Waals surface area contributed by atoms with Gasteiger partial charge < -0.3 is 0 Å². The maximum atomic E-state index is 0. The molecule has 0 aliphatic carbocycles. The van der Waals surface area contributed by atoms with Gasteiger partial charge in [0.05, 0.1) is 0 Å². The van der Waals surface area contributed by atoms with Crippen LogP contribution in [0.5, 0.6) is 0 Å². The summed E-state index contributed by atoms with van der Waals surface area (Å²) in [6.07, 6.45) is 0. The second-order valence-electron chi connectivity index (χ2n) is 0. The van der Waals surface area contributed by atoms with E-state index in [1.54, 1.807) is 0 Å². The summed E-state index contributed by atoms with van der Waals surface area (Å²) in [5.41, 5.74) is 0. The van der Waals surface area contributed by atoms with Crippen LogP contribution >= 0.6 is 0 Å². The summed E-state index contributed by atoms with van der Waals surface area (Å²) < 4.78 is 0. The van der Waals surface area contributed by atoms with Crippen molar-refractivity contribution in [2.24, 2.45) is 0 Å². The molecule has 0 unspecified atom stereocenters. The maximum Gasteiger partial charge on any atom is 0 e. The Labute approximate surface area is 76.5 Å². The molecule has 0 amide bonds. The van der Waals surface area contributed by atoms with Gasteiger partial charge in [0.15, 0.2) is 0 Å². The number of hydrogen-bond acceptors (Lipinski definition) is 0. The average molecular weight is 331 g/mol. The molecule has 3 radical (unpaired) electrons. The van der Waals surface area contributed by atoms with Crippen LogP contribution in [0.3, 0.4) is 0 Å². The van der Waals surface area contributed by atoms with E-state index in [9.17, 15) is 0 Å². The van der Waals surface area contributed by atoms with Crippen molar-refractivity contribution in [1.29, 1.82) is 0 Å². The van der Waals surface area contributed by atoms with Gasteiger partial charge in [-0.1, -0.05) is 0 Å². The molecule has 0 heterocycles. The maximum absolute atomic E-state index is 0. The minimum absolute atomic E-state index is 0. The smallest absolute Gasteiger partial charge is 0 e. The standard InChI is InChI=1S/Cu.H2Se.Sn.Zn.2H/h;1H2;;;;. The van der Waals surface area contributed by atoms with E-state index in [-0.39, 0.29) is 77.5 Å². The van der Waals surface area contributed by atoms with Crippen LogP contribution in [0.4, 0.5) is 0 Å². The molecule has 0 bridgehead atoms. The number of hydrogen-bond donors (Lipinski definition) is 0. The predicted octanol–water partition coefficient (Wildman–Crippen LogP) is -1.84. The summed E-state index contributed by atoms with van der Waals surface area (Å²) in [7, 11) is 0. The zero-order chi connectivity index (χ0) is 0. The molecule has 0 aromatic heterocycles. The Kier molecular flexibility index (Phi) is 143. The Hall–Kier alpha value is 2.46. The van der Waals surface area contributed by atoms with Crippen molar-refractivity contribution in [1.82, 2.24) is 0 Å². The molecule has 0 saturated carbocycles. The van der Waals surface area contributed by atoms with Gasteiger partial charge in [0.25, 0.3) is 0 Å². The fourth-order valence-electron chi connectivity index (χ4n) is 0. The van der Waals surface area contributed by atoms with Crippen molar-refractivity contribution in [3.63, 3.8) is 0 Å². The monoisotopic (exact) mass is 331 g/mol. The minimum Gasteiger partial charge on any atom is 0 e. The number of rotatable bonds is 0. The molecule has 0 rings (SSSR count). The van der Waals surface area contributed by atoms with Crippen molar-refractivity contribution in [2.45, 2.75) is 0 Å². The van der Waals surface area contributed by atoms with E-state index >= 15 is 0 Å². The van der Waals surface area contributed by atoms with Gasteiger partial charge in [-0.3, -0.25) is 0 Å². The van der Waals surface area contributed by atoms with Crippen LogP contribution in [0, 0.1) is 0 Å². The molecule has 4 heavy (non-hydrogen) atoms. The summed E-state index contributed by atoms with van der Waals surface area (Å²) in [6, 6.07) is 0. The van der Waals surface area contributed by atoms with Crippen LogP contribution in [0.15, 0.2) is 0 Å². The van der Waals surface area contributed by atoms with Crippen LogP contribution < -0.4 is 0 Å². The molecule has 0 saturated heterocycles. The van der Waals surface area contributed by atoms with Gasteiger partial charge in [-0.05, 0) is 0 Å². The molecule has 0 aromatic carbocycles. The topological polar surface area (TPSA) is 0 Å². The van der Waals surface area contributed by atoms with Crippen LogP contribution in [-0.2, 0) is 36.5 Å². The van der Waals surface area contributed by atoms with E-state index in [4.69, 9.17) is 0 Å². The molecule has 0 N–H and O–H groups in total. The quantitative estimate of drug-likeness (QED) is 0.458. The average Bonchev–Trinajstić information content (AvgIpc) is 0. The van der Waals surface area contributed by atoms with Gasteiger partial charge in [0.1, 0.15) is 0 Å². The van der Waals surface area contributed by atoms with Gasteiger partial charge in [0.2, 0.25) is 0 Å². The normalized spacial score (nSPS) is 0. The van der Waals surface area contributed by atoms with Crippen molar-refractivity contribution < 1.29 is 36.5 Å². The van der Waals surface area contributed by atoms with E-state index in [0.29, 0.717) is 0 Å². The third-order valence-corrected chi connectivity index (χ3v) is 0. The first-order valence-electron chi connectivity index (χ1n) is 0. The zero-order valence-electron chi connectivity index (χ0n) is 2.22. The minimum atomic E-state index is 0. The third-order valence-electron chi connectivity index (χ3n) is 0. The van der Waals surface area contributed by atoms with Crippen molar-refractivity contribution in [3.8, 4) is 0 Å². The summed E-state index contributed by atoms with van der Waals surface area (Å²) in [5.74, 6) is 0. The van der Waals surface area contributed by atoms with E-state index < -0.39 is 0 Å². The summed E-state index contributed by atoms with van der Waals surface area (Å²) in [6.45, 7) is 0. The molecule has 0 aliphatic heterocycles. The molecule has 27 valence electrons. The molecule has 0 spiro atoms. The largest absolute Gasteiger partial charge is 0 e. The first-order valence-corrected chi connectivity index (χ1v) is 0. The Morgan fingerprint density at radius 2 is 1.00 bits per heavy atom. The Balaban J connectivity index is 0. The SMILES string of the molecule is [Cu].[SeH2].[SnH2].[Zn]. The van der Waals surface area contributed by atoms with Gasteiger partial charge >= 0.3 is 41.0 Å². The molecular weight excluding hydrogens is 327 g/mol. The van der Waals surface area contributed by atoms with Crippen molar-refractivity contribution >= 4 is 41.0 Å². The van der Waals surface area contributed by atoms with E-state index in [1.165, 1.54) is 0 Å². The van der Waals surface area contributed by atoms with Crippen LogP contribution in [0.25, 0.3) is 0 Å². The van der Waals surface area contributed by atoms with E-state index in [1.807, 2.05) is 0 Å². The van der Waals surface area contributed by atoms with Crippen LogP contribution in [0.1, 0.15) is 0 Å². The molecule has 0 nitrogen and oxygen atoms in total.